The lowest BCUT2D eigenvalue weighted by Crippen LogP contribution is -2.45. The zero-order valence-electron chi connectivity index (χ0n) is 8.72. The highest BCUT2D eigenvalue weighted by Crippen LogP contribution is 1.90. The number of nitrogens with one attached hydrogen (secondary N) is 1. The first-order valence-electron chi connectivity index (χ1n) is 4.55. The van der Waals surface area contributed by atoms with Gasteiger partial charge in [0.05, 0.1) is 12.7 Å². The van der Waals surface area contributed by atoms with Crippen LogP contribution in [0.4, 0.5) is 4.79 Å². The van der Waals surface area contributed by atoms with Crippen molar-refractivity contribution < 1.29 is 20.1 Å². The van der Waals surface area contributed by atoms with Crippen LogP contribution >= 0.6 is 12.4 Å². The molecule has 1 amide bonds. The summed E-state index contributed by atoms with van der Waals surface area (Å²) in [5, 5.41) is 27.5. The number of carboxylic acid groups (broad SMARTS) is 1. The molecule has 0 aromatic carbocycles. The van der Waals surface area contributed by atoms with E-state index < -0.39 is 12.2 Å². The van der Waals surface area contributed by atoms with E-state index in [1.54, 1.807) is 0 Å². The standard InChI is InChI=1S/C5H10N2O2.C3H8O2.ClH/c8-5(9)7-3-1-6-2-4-7;1-3(5)2-4;/h6H,1-4H2,(H,8,9);3-5H,2H2,1H3;1H. The minimum Gasteiger partial charge on any atom is -0.465 e. The Bertz CT molecular complexity index is 163. The number of halogens is 1. The Kier molecular flexibility index (Phi) is 11.2. The van der Waals surface area contributed by atoms with Gasteiger partial charge in [-0.15, -0.1) is 12.4 Å². The lowest BCUT2D eigenvalue weighted by molar-refractivity contribution is 0.110. The van der Waals surface area contributed by atoms with Gasteiger partial charge in [0.2, 0.25) is 0 Å². The number of rotatable bonds is 1. The fraction of sp³-hybridized carbons (Fsp3) is 0.875. The van der Waals surface area contributed by atoms with E-state index >= 15 is 0 Å². The summed E-state index contributed by atoms with van der Waals surface area (Å²) < 4.78 is 0. The first kappa shape index (κ1) is 16.9. The number of carbonyl (C=O) groups is 1. The number of amides is 1. The van der Waals surface area contributed by atoms with Crippen LogP contribution in [0.25, 0.3) is 0 Å². The van der Waals surface area contributed by atoms with Crippen LogP contribution in [0.3, 0.4) is 0 Å². The van der Waals surface area contributed by atoms with E-state index in [1.807, 2.05) is 0 Å². The molecule has 1 rings (SSSR count). The van der Waals surface area contributed by atoms with Crippen molar-refractivity contribution in [3.8, 4) is 0 Å². The molecule has 0 aromatic heterocycles. The predicted octanol–water partition coefficient (Wildman–Crippen LogP) is -0.649. The summed E-state index contributed by atoms with van der Waals surface area (Å²) in [7, 11) is 0. The fourth-order valence-electron chi connectivity index (χ4n) is 0.856. The minimum absolute atomic E-state index is 0. The highest BCUT2D eigenvalue weighted by atomic mass is 35.5. The number of aliphatic hydroxyl groups excluding tert-OH is 2. The molecular weight excluding hydrogens is 224 g/mol. The molecule has 0 aliphatic carbocycles. The highest BCUT2D eigenvalue weighted by molar-refractivity contribution is 5.85. The quantitative estimate of drug-likeness (QED) is 0.491. The van der Waals surface area contributed by atoms with E-state index in [1.165, 1.54) is 11.8 Å². The predicted molar refractivity (Wildman–Crippen MR) is 58.5 cm³/mol. The van der Waals surface area contributed by atoms with Crippen LogP contribution in [-0.4, -0.2) is 65.2 Å². The Morgan fingerprint density at radius 1 is 1.47 bits per heavy atom. The number of piperazine rings is 1. The first-order chi connectivity index (χ1) is 6.57. The molecule has 1 aliphatic heterocycles. The van der Waals surface area contributed by atoms with Crippen LogP contribution < -0.4 is 5.32 Å². The van der Waals surface area contributed by atoms with Crippen LogP contribution in [0.5, 0.6) is 0 Å². The average Bonchev–Trinajstić information content (AvgIpc) is 2.20. The van der Waals surface area contributed by atoms with E-state index in [0.717, 1.165) is 13.1 Å². The zero-order valence-corrected chi connectivity index (χ0v) is 9.53. The molecule has 92 valence electrons. The number of hydrogen-bond donors (Lipinski definition) is 4. The minimum atomic E-state index is -0.809. The van der Waals surface area contributed by atoms with Crippen molar-refractivity contribution in [1.82, 2.24) is 10.2 Å². The molecule has 0 radical (unpaired) electrons. The molecule has 0 aromatic rings. The maximum atomic E-state index is 10.3. The maximum Gasteiger partial charge on any atom is 0.407 e. The van der Waals surface area contributed by atoms with Crippen LogP contribution in [0, 0.1) is 0 Å². The van der Waals surface area contributed by atoms with E-state index in [2.05, 4.69) is 5.32 Å². The number of hydrogen-bond acceptors (Lipinski definition) is 4. The van der Waals surface area contributed by atoms with Gasteiger partial charge in [-0.05, 0) is 6.92 Å². The van der Waals surface area contributed by atoms with E-state index in [-0.39, 0.29) is 19.0 Å². The molecule has 4 N–H and O–H groups in total. The second kappa shape index (κ2) is 9.97. The van der Waals surface area contributed by atoms with Gasteiger partial charge in [0, 0.05) is 26.2 Å². The van der Waals surface area contributed by atoms with Gasteiger partial charge >= 0.3 is 6.09 Å². The topological polar surface area (TPSA) is 93.0 Å². The number of nitrogens with zero attached hydrogens (tertiary/aromatic N) is 1. The summed E-state index contributed by atoms with van der Waals surface area (Å²) in [5.41, 5.74) is 0. The van der Waals surface area contributed by atoms with E-state index in [4.69, 9.17) is 15.3 Å². The Labute approximate surface area is 95.3 Å². The van der Waals surface area contributed by atoms with Gasteiger partial charge in [0.25, 0.3) is 0 Å². The second-order valence-electron chi connectivity index (χ2n) is 3.05. The molecule has 1 aliphatic rings. The summed E-state index contributed by atoms with van der Waals surface area (Å²) in [6, 6.07) is 0. The van der Waals surface area contributed by atoms with Gasteiger partial charge in [0.15, 0.2) is 0 Å². The van der Waals surface area contributed by atoms with Gasteiger partial charge in [-0.3, -0.25) is 0 Å². The van der Waals surface area contributed by atoms with Crippen molar-refractivity contribution >= 4 is 18.5 Å². The maximum absolute atomic E-state index is 10.3. The van der Waals surface area contributed by atoms with Crippen LogP contribution in [-0.2, 0) is 0 Å². The highest BCUT2D eigenvalue weighted by Gasteiger charge is 2.13. The second-order valence-corrected chi connectivity index (χ2v) is 3.05. The monoisotopic (exact) mass is 242 g/mol. The van der Waals surface area contributed by atoms with Gasteiger partial charge in [0.1, 0.15) is 0 Å². The van der Waals surface area contributed by atoms with Crippen LogP contribution in [0.15, 0.2) is 0 Å². The zero-order chi connectivity index (χ0) is 11.0. The van der Waals surface area contributed by atoms with Crippen molar-refractivity contribution in [3.05, 3.63) is 0 Å². The molecule has 7 heteroatoms. The molecule has 6 nitrogen and oxygen atoms in total. The van der Waals surface area contributed by atoms with Gasteiger partial charge in [-0.25, -0.2) is 4.79 Å². The third-order valence-electron chi connectivity index (χ3n) is 1.65. The average molecular weight is 243 g/mol. The Morgan fingerprint density at radius 3 is 2.07 bits per heavy atom. The third kappa shape index (κ3) is 9.74. The molecule has 1 saturated heterocycles. The molecule has 1 atom stereocenters. The smallest absolute Gasteiger partial charge is 0.407 e. The first-order valence-corrected chi connectivity index (χ1v) is 4.55. The summed E-state index contributed by atoms with van der Waals surface area (Å²) in [5.74, 6) is 0. The van der Waals surface area contributed by atoms with Gasteiger partial charge < -0.3 is 25.5 Å². The van der Waals surface area contributed by atoms with Gasteiger partial charge in [-0.1, -0.05) is 0 Å². The van der Waals surface area contributed by atoms with Crippen LogP contribution in [0.1, 0.15) is 6.92 Å². The van der Waals surface area contributed by atoms with Crippen molar-refractivity contribution in [3.63, 3.8) is 0 Å². The lowest BCUT2D eigenvalue weighted by atomic mass is 10.4. The molecule has 0 saturated carbocycles. The summed E-state index contributed by atoms with van der Waals surface area (Å²) in [6.45, 7) is 4.20. The molecule has 15 heavy (non-hydrogen) atoms. The van der Waals surface area contributed by atoms with E-state index in [0.29, 0.717) is 13.1 Å². The Balaban J connectivity index is 0. The van der Waals surface area contributed by atoms with Crippen molar-refractivity contribution in [2.24, 2.45) is 0 Å². The molecule has 1 unspecified atom stereocenters. The molecule has 0 bridgehead atoms. The third-order valence-corrected chi connectivity index (χ3v) is 1.65. The fourth-order valence-corrected chi connectivity index (χ4v) is 0.856. The summed E-state index contributed by atoms with van der Waals surface area (Å²) >= 11 is 0. The molecule has 0 spiro atoms. The lowest BCUT2D eigenvalue weighted by Gasteiger charge is -2.23. The van der Waals surface area contributed by atoms with Crippen molar-refractivity contribution in [1.29, 1.82) is 0 Å². The molecule has 1 fully saturated rings. The summed E-state index contributed by atoms with van der Waals surface area (Å²) in [4.78, 5) is 11.7. The normalized spacial score (nSPS) is 16.9. The van der Waals surface area contributed by atoms with E-state index in [9.17, 15) is 4.79 Å². The van der Waals surface area contributed by atoms with Gasteiger partial charge in [-0.2, -0.15) is 0 Å². The van der Waals surface area contributed by atoms with Crippen molar-refractivity contribution in [2.75, 3.05) is 32.8 Å². The largest absolute Gasteiger partial charge is 0.465 e. The Hall–Kier alpha value is -0.560. The molecular formula is C8H19ClN2O4. The van der Waals surface area contributed by atoms with Crippen LogP contribution in [0.2, 0.25) is 0 Å². The molecule has 1 heterocycles. The number of aliphatic hydroxyl groups is 2. The van der Waals surface area contributed by atoms with Crippen molar-refractivity contribution in [2.45, 2.75) is 13.0 Å². The summed E-state index contributed by atoms with van der Waals surface area (Å²) in [6.07, 6.45) is -1.37. The Morgan fingerprint density at radius 2 is 1.87 bits per heavy atom. The SMILES string of the molecule is CC(O)CO.Cl.O=C(O)N1CCNCC1.